The third kappa shape index (κ3) is 5.63. The van der Waals surface area contributed by atoms with Crippen molar-refractivity contribution in [3.8, 4) is 0 Å². The summed E-state index contributed by atoms with van der Waals surface area (Å²) in [7, 11) is 0. The summed E-state index contributed by atoms with van der Waals surface area (Å²) in [6.07, 6.45) is -2.11. The highest BCUT2D eigenvalue weighted by molar-refractivity contribution is 7.99. The quantitative estimate of drug-likeness (QED) is 0.517. The summed E-state index contributed by atoms with van der Waals surface area (Å²) in [5, 5.41) is 0.360. The molecule has 3 rings (SSSR count). The maximum Gasteiger partial charge on any atom is 0.417 e. The maximum atomic E-state index is 12.7. The summed E-state index contributed by atoms with van der Waals surface area (Å²) in [5.74, 6) is 0.556. The van der Waals surface area contributed by atoms with Crippen LogP contribution in [0, 0.1) is 0 Å². The third-order valence-electron chi connectivity index (χ3n) is 3.90. The first kappa shape index (κ1) is 20.0. The number of hydrogen-bond donors (Lipinski definition) is 0. The van der Waals surface area contributed by atoms with Crippen molar-refractivity contribution in [2.45, 2.75) is 24.3 Å². The lowest BCUT2D eigenvalue weighted by molar-refractivity contribution is -0.138. The van der Waals surface area contributed by atoms with Gasteiger partial charge in [0.25, 0.3) is 0 Å². The lowest BCUT2D eigenvalue weighted by Crippen LogP contribution is -2.31. The number of amides is 1. The molecule has 0 aliphatic heterocycles. The number of rotatable bonds is 7. The topological polar surface area (TPSA) is 46.3 Å². The molecule has 4 nitrogen and oxygen atoms in total. The standard InChI is InChI=1S/C20H17F3N2O2S/c21-20(22,23)16-8-9-18(24-11-16)28-14-19(26)25(13-17-7-4-10-27-17)12-15-5-2-1-3-6-15/h1-11H,12-14H2. The molecular weight excluding hydrogens is 389 g/mol. The Morgan fingerprint density at radius 2 is 1.82 bits per heavy atom. The van der Waals surface area contributed by atoms with Gasteiger partial charge in [-0.3, -0.25) is 4.79 Å². The molecule has 2 heterocycles. The van der Waals surface area contributed by atoms with Crippen LogP contribution < -0.4 is 0 Å². The number of carbonyl (C=O) groups excluding carboxylic acids is 1. The van der Waals surface area contributed by atoms with Crippen molar-refractivity contribution in [2.75, 3.05) is 5.75 Å². The molecule has 0 atom stereocenters. The van der Waals surface area contributed by atoms with Crippen LogP contribution >= 0.6 is 11.8 Å². The van der Waals surface area contributed by atoms with Crippen molar-refractivity contribution in [1.29, 1.82) is 0 Å². The molecule has 0 spiro atoms. The molecule has 0 bridgehead atoms. The van der Waals surface area contributed by atoms with E-state index in [0.717, 1.165) is 29.6 Å². The molecule has 0 saturated heterocycles. The molecule has 0 aliphatic carbocycles. The summed E-state index contributed by atoms with van der Waals surface area (Å²) in [6.45, 7) is 0.711. The highest BCUT2D eigenvalue weighted by Crippen LogP contribution is 2.29. The van der Waals surface area contributed by atoms with E-state index >= 15 is 0 Å². The molecular formula is C20H17F3N2O2S. The second-order valence-corrected chi connectivity index (χ2v) is 6.98. The fourth-order valence-corrected chi connectivity index (χ4v) is 3.23. The van der Waals surface area contributed by atoms with Gasteiger partial charge in [0, 0.05) is 12.7 Å². The Bertz CT molecular complexity index is 882. The van der Waals surface area contributed by atoms with Crippen LogP contribution in [0.3, 0.4) is 0 Å². The Hall–Kier alpha value is -2.74. The minimum Gasteiger partial charge on any atom is -0.467 e. The Balaban J connectivity index is 1.65. The van der Waals surface area contributed by atoms with Gasteiger partial charge in [0.05, 0.1) is 29.2 Å². The van der Waals surface area contributed by atoms with Crippen molar-refractivity contribution in [2.24, 2.45) is 0 Å². The van der Waals surface area contributed by atoms with Crippen LogP contribution in [0.15, 0.2) is 76.5 Å². The summed E-state index contributed by atoms with van der Waals surface area (Å²) in [4.78, 5) is 18.2. The minimum absolute atomic E-state index is 0.0614. The molecule has 1 aromatic carbocycles. The van der Waals surface area contributed by atoms with Gasteiger partial charge in [0.2, 0.25) is 5.91 Å². The molecule has 0 radical (unpaired) electrons. The molecule has 3 aromatic rings. The second-order valence-electron chi connectivity index (χ2n) is 5.99. The molecule has 146 valence electrons. The summed E-state index contributed by atoms with van der Waals surface area (Å²) in [6, 6.07) is 15.3. The van der Waals surface area contributed by atoms with Gasteiger partial charge in [-0.1, -0.05) is 42.1 Å². The number of aromatic nitrogens is 1. The van der Waals surface area contributed by atoms with Crippen molar-refractivity contribution in [3.05, 3.63) is 83.9 Å². The predicted octanol–water partition coefficient (Wildman–Crippen LogP) is 5.01. The van der Waals surface area contributed by atoms with Crippen LogP contribution in [0.5, 0.6) is 0 Å². The Labute approximate surface area is 164 Å². The van der Waals surface area contributed by atoms with E-state index in [1.165, 1.54) is 6.07 Å². The number of alkyl halides is 3. The van der Waals surface area contributed by atoms with Gasteiger partial charge < -0.3 is 9.32 Å². The van der Waals surface area contributed by atoms with Gasteiger partial charge >= 0.3 is 6.18 Å². The minimum atomic E-state index is -4.43. The smallest absolute Gasteiger partial charge is 0.417 e. The van der Waals surface area contributed by atoms with Gasteiger partial charge in [0.1, 0.15) is 5.76 Å². The highest BCUT2D eigenvalue weighted by atomic mass is 32.2. The summed E-state index contributed by atoms with van der Waals surface area (Å²) in [5.41, 5.74) is 0.159. The second kappa shape index (κ2) is 8.97. The van der Waals surface area contributed by atoms with Crippen molar-refractivity contribution in [3.63, 3.8) is 0 Å². The Kier molecular flexibility index (Phi) is 6.41. The maximum absolute atomic E-state index is 12.7. The van der Waals surface area contributed by atoms with Crippen LogP contribution in [-0.4, -0.2) is 21.5 Å². The molecule has 0 unspecified atom stereocenters. The lowest BCUT2D eigenvalue weighted by atomic mass is 10.2. The molecule has 1 amide bonds. The molecule has 8 heteroatoms. The van der Waals surface area contributed by atoms with Crippen LogP contribution in [0.2, 0.25) is 0 Å². The Morgan fingerprint density at radius 3 is 2.43 bits per heavy atom. The molecule has 0 saturated carbocycles. The molecule has 0 aliphatic rings. The number of thioether (sulfide) groups is 1. The van der Waals surface area contributed by atoms with Crippen molar-refractivity contribution >= 4 is 17.7 Å². The largest absolute Gasteiger partial charge is 0.467 e. The fourth-order valence-electron chi connectivity index (χ4n) is 2.49. The average Bonchev–Trinajstić information content (AvgIpc) is 3.19. The van der Waals surface area contributed by atoms with Crippen molar-refractivity contribution < 1.29 is 22.4 Å². The van der Waals surface area contributed by atoms with E-state index < -0.39 is 11.7 Å². The number of benzene rings is 1. The predicted molar refractivity (Wildman–Crippen MR) is 99.4 cm³/mol. The summed E-state index contributed by atoms with van der Waals surface area (Å²) >= 11 is 1.10. The molecule has 0 N–H and O–H groups in total. The first-order valence-electron chi connectivity index (χ1n) is 8.42. The lowest BCUT2D eigenvalue weighted by Gasteiger charge is -2.21. The van der Waals surface area contributed by atoms with E-state index in [0.29, 0.717) is 23.9 Å². The number of hydrogen-bond acceptors (Lipinski definition) is 4. The fraction of sp³-hybridized carbons (Fsp3) is 0.200. The highest BCUT2D eigenvalue weighted by Gasteiger charge is 2.30. The molecule has 0 fully saturated rings. The van der Waals surface area contributed by atoms with E-state index in [2.05, 4.69) is 4.98 Å². The van der Waals surface area contributed by atoms with Crippen LogP contribution in [0.1, 0.15) is 16.9 Å². The van der Waals surface area contributed by atoms with Gasteiger partial charge in [-0.25, -0.2) is 4.98 Å². The van der Waals surface area contributed by atoms with Gasteiger partial charge in [-0.05, 0) is 29.8 Å². The van der Waals surface area contributed by atoms with E-state index in [4.69, 9.17) is 4.42 Å². The monoisotopic (exact) mass is 406 g/mol. The normalized spacial score (nSPS) is 11.4. The van der Waals surface area contributed by atoms with Gasteiger partial charge in [-0.2, -0.15) is 13.2 Å². The number of furan rings is 1. The number of halogens is 3. The van der Waals surface area contributed by atoms with E-state index in [-0.39, 0.29) is 11.7 Å². The zero-order valence-electron chi connectivity index (χ0n) is 14.7. The number of pyridine rings is 1. The van der Waals surface area contributed by atoms with Crippen LogP contribution in [-0.2, 0) is 24.1 Å². The molecule has 28 heavy (non-hydrogen) atoms. The zero-order valence-corrected chi connectivity index (χ0v) is 15.5. The van der Waals surface area contributed by atoms with Crippen molar-refractivity contribution in [1.82, 2.24) is 9.88 Å². The van der Waals surface area contributed by atoms with Gasteiger partial charge in [0.15, 0.2) is 0 Å². The molecule has 2 aromatic heterocycles. The van der Waals surface area contributed by atoms with Crippen LogP contribution in [0.4, 0.5) is 13.2 Å². The van der Waals surface area contributed by atoms with Crippen LogP contribution in [0.25, 0.3) is 0 Å². The average molecular weight is 406 g/mol. The first-order valence-corrected chi connectivity index (χ1v) is 9.40. The van der Waals surface area contributed by atoms with Gasteiger partial charge in [-0.15, -0.1) is 0 Å². The SMILES string of the molecule is O=C(CSc1ccc(C(F)(F)F)cn1)N(Cc1ccccc1)Cc1ccco1. The van der Waals surface area contributed by atoms with E-state index in [1.807, 2.05) is 30.3 Å². The van der Waals surface area contributed by atoms with E-state index in [1.54, 1.807) is 23.3 Å². The third-order valence-corrected chi connectivity index (χ3v) is 4.83. The van der Waals surface area contributed by atoms with E-state index in [9.17, 15) is 18.0 Å². The summed E-state index contributed by atoms with van der Waals surface area (Å²) < 4.78 is 43.2. The number of carbonyl (C=O) groups is 1. The first-order chi connectivity index (χ1) is 13.4. The number of nitrogens with zero attached hydrogens (tertiary/aromatic N) is 2. The zero-order chi connectivity index (χ0) is 20.0. The Morgan fingerprint density at radius 1 is 1.04 bits per heavy atom.